The molecule has 0 aromatic heterocycles. The number of primary amides is 1. The number of amides is 1. The number of phenolic OH excluding ortho intramolecular Hbond substituents is 1. The van der Waals surface area contributed by atoms with Crippen molar-refractivity contribution < 1.29 is 66.3 Å². The Balaban J connectivity index is 1.61. The summed E-state index contributed by atoms with van der Waals surface area (Å²) < 4.78 is 79.7. The van der Waals surface area contributed by atoms with Crippen molar-refractivity contribution in [2.75, 3.05) is 0 Å². The first-order valence-electron chi connectivity index (χ1n) is 13.4. The molecule has 3 aliphatic rings. The van der Waals surface area contributed by atoms with Crippen molar-refractivity contribution in [3.63, 3.8) is 0 Å². The zero-order valence-electron chi connectivity index (χ0n) is 23.0. The Bertz CT molecular complexity index is 1660. The Kier molecular flexibility index (Phi) is 7.46. The fourth-order valence-corrected chi connectivity index (χ4v) is 6.72. The number of carbonyl (C=O) groups excluding carboxylic acids is 3. The predicted octanol–water partition coefficient (Wildman–Crippen LogP) is 3.33. The van der Waals surface area contributed by atoms with Crippen molar-refractivity contribution in [3.05, 3.63) is 69.3 Å². The van der Waals surface area contributed by atoms with Crippen LogP contribution in [0, 0.1) is 17.8 Å². The smallest absolute Gasteiger partial charge is 0.416 e. The molecule has 0 bridgehead atoms. The number of ketones is 2. The molecule has 2 unspecified atom stereocenters. The van der Waals surface area contributed by atoms with Crippen molar-refractivity contribution in [2.45, 2.75) is 49.4 Å². The largest absolute Gasteiger partial charge is 0.507 e. The van der Waals surface area contributed by atoms with Gasteiger partial charge in [0, 0.05) is 29.4 Å². The SMILES string of the molecule is C[C@H]1c2ccc(/C=C/c3cc(C(F)(F)F)cc(C(F)(F)F)c3)c(O)c2C(O)=C2C(=O)[C@]3(O)C(O)C(C(N)=O)C(=O)C[C@@H]3[C@@H](O)[C@@H]21. The van der Waals surface area contributed by atoms with E-state index in [0.29, 0.717) is 12.1 Å². The maximum atomic E-state index is 13.8. The van der Waals surface area contributed by atoms with Crippen LogP contribution in [0.5, 0.6) is 5.75 Å². The number of benzene rings is 2. The fraction of sp³-hybridized carbons (Fsp3) is 0.367. The molecule has 0 radical (unpaired) electrons. The van der Waals surface area contributed by atoms with E-state index in [0.717, 1.165) is 12.2 Å². The molecule has 1 amide bonds. The molecule has 2 aromatic carbocycles. The highest BCUT2D eigenvalue weighted by atomic mass is 19.4. The van der Waals surface area contributed by atoms with Gasteiger partial charge in [-0.2, -0.15) is 26.3 Å². The number of carbonyl (C=O) groups is 3. The maximum absolute atomic E-state index is 13.8. The first kappa shape index (κ1) is 32.2. The number of alkyl halides is 6. The van der Waals surface area contributed by atoms with Crippen LogP contribution < -0.4 is 5.73 Å². The summed E-state index contributed by atoms with van der Waals surface area (Å²) in [6, 6.07) is 3.48. The molecule has 45 heavy (non-hydrogen) atoms. The average molecular weight is 642 g/mol. The first-order chi connectivity index (χ1) is 20.7. The zero-order chi connectivity index (χ0) is 33.5. The van der Waals surface area contributed by atoms with Gasteiger partial charge in [-0.1, -0.05) is 31.2 Å². The molecule has 9 nitrogen and oxygen atoms in total. The molecule has 0 heterocycles. The minimum absolute atomic E-state index is 0.0470. The van der Waals surface area contributed by atoms with Gasteiger partial charge in [0.05, 0.1) is 22.8 Å². The van der Waals surface area contributed by atoms with E-state index >= 15 is 0 Å². The van der Waals surface area contributed by atoms with Crippen LogP contribution in [0.3, 0.4) is 0 Å². The Labute approximate surface area is 249 Å². The predicted molar refractivity (Wildman–Crippen MR) is 143 cm³/mol. The second-order valence-electron chi connectivity index (χ2n) is 11.5. The quantitative estimate of drug-likeness (QED) is 0.168. The van der Waals surface area contributed by atoms with E-state index < -0.39 is 111 Å². The third-order valence-electron chi connectivity index (χ3n) is 8.96. The number of Topliss-reactive ketones (excluding diaryl/α,β-unsaturated/α-hetero) is 2. The summed E-state index contributed by atoms with van der Waals surface area (Å²) in [6.45, 7) is 1.50. The molecule has 2 aromatic rings. The van der Waals surface area contributed by atoms with Crippen molar-refractivity contribution in [3.8, 4) is 5.75 Å². The van der Waals surface area contributed by atoms with Crippen LogP contribution in [-0.4, -0.2) is 60.8 Å². The normalized spacial score (nSPS) is 30.3. The van der Waals surface area contributed by atoms with E-state index in [2.05, 4.69) is 0 Å². The summed E-state index contributed by atoms with van der Waals surface area (Å²) >= 11 is 0. The number of aliphatic hydroxyl groups excluding tert-OH is 3. The minimum atomic E-state index is -5.10. The molecule has 3 aliphatic carbocycles. The van der Waals surface area contributed by atoms with Crippen molar-refractivity contribution in [2.24, 2.45) is 23.5 Å². The summed E-state index contributed by atoms with van der Waals surface area (Å²) in [6.07, 6.45) is -13.1. The number of aliphatic hydroxyl groups is 4. The minimum Gasteiger partial charge on any atom is -0.507 e. The number of nitrogens with two attached hydrogens (primary N) is 1. The number of fused-ring (bicyclic) bond motifs is 3. The Hall–Kier alpha value is -4.21. The van der Waals surface area contributed by atoms with E-state index in [4.69, 9.17) is 5.73 Å². The van der Waals surface area contributed by atoms with E-state index in [9.17, 15) is 66.3 Å². The number of halogens is 6. The highest BCUT2D eigenvalue weighted by molar-refractivity contribution is 6.13. The highest BCUT2D eigenvalue weighted by Crippen LogP contribution is 2.56. The van der Waals surface area contributed by atoms with Gasteiger partial charge in [0.1, 0.15) is 29.3 Å². The lowest BCUT2D eigenvalue weighted by Crippen LogP contribution is -2.71. The van der Waals surface area contributed by atoms with Crippen molar-refractivity contribution >= 4 is 35.4 Å². The van der Waals surface area contributed by atoms with E-state index in [1.807, 2.05) is 0 Å². The van der Waals surface area contributed by atoms with Gasteiger partial charge in [-0.25, -0.2) is 0 Å². The molecule has 0 spiro atoms. The number of aromatic hydroxyl groups is 1. The molecule has 7 N–H and O–H groups in total. The third kappa shape index (κ3) is 4.89. The Morgan fingerprint density at radius 1 is 0.978 bits per heavy atom. The summed E-state index contributed by atoms with van der Waals surface area (Å²) in [7, 11) is 0. The van der Waals surface area contributed by atoms with Gasteiger partial charge in [-0.15, -0.1) is 0 Å². The van der Waals surface area contributed by atoms with Crippen LogP contribution in [0.15, 0.2) is 35.9 Å². The topological polar surface area (TPSA) is 178 Å². The fourth-order valence-electron chi connectivity index (χ4n) is 6.72. The van der Waals surface area contributed by atoms with Crippen LogP contribution in [0.1, 0.15) is 52.6 Å². The number of hydrogen-bond donors (Lipinski definition) is 6. The monoisotopic (exact) mass is 641 g/mol. The summed E-state index contributed by atoms with van der Waals surface area (Å²) in [5.74, 6) is -11.0. The number of phenols is 1. The summed E-state index contributed by atoms with van der Waals surface area (Å²) in [5.41, 5.74) is -2.42. The van der Waals surface area contributed by atoms with Gasteiger partial charge >= 0.3 is 12.4 Å². The third-order valence-corrected chi connectivity index (χ3v) is 8.96. The molecule has 2 fully saturated rings. The van der Waals surface area contributed by atoms with E-state index in [-0.39, 0.29) is 22.8 Å². The second-order valence-corrected chi connectivity index (χ2v) is 11.5. The molecule has 15 heteroatoms. The molecular formula is C30H25F6NO8. The number of hydrogen-bond acceptors (Lipinski definition) is 8. The average Bonchev–Trinajstić information content (AvgIpc) is 2.93. The van der Waals surface area contributed by atoms with E-state index in [1.165, 1.54) is 19.1 Å². The van der Waals surface area contributed by atoms with Crippen LogP contribution in [0.4, 0.5) is 26.3 Å². The molecule has 240 valence electrons. The van der Waals surface area contributed by atoms with Gasteiger partial charge in [0.25, 0.3) is 0 Å². The summed E-state index contributed by atoms with van der Waals surface area (Å²) in [4.78, 5) is 38.2. The first-order valence-corrected chi connectivity index (χ1v) is 13.4. The molecular weight excluding hydrogens is 616 g/mol. The maximum Gasteiger partial charge on any atom is 0.416 e. The molecule has 0 saturated heterocycles. The van der Waals surface area contributed by atoms with Gasteiger partial charge in [-0.3, -0.25) is 14.4 Å². The van der Waals surface area contributed by atoms with Gasteiger partial charge in [0.2, 0.25) is 5.91 Å². The van der Waals surface area contributed by atoms with Crippen LogP contribution in [-0.2, 0) is 26.7 Å². The molecule has 0 aliphatic heterocycles. The molecule has 2 saturated carbocycles. The zero-order valence-corrected chi connectivity index (χ0v) is 23.0. The lowest BCUT2D eigenvalue weighted by Gasteiger charge is -2.53. The Morgan fingerprint density at radius 2 is 1.56 bits per heavy atom. The van der Waals surface area contributed by atoms with Crippen LogP contribution in [0.25, 0.3) is 17.9 Å². The van der Waals surface area contributed by atoms with Crippen molar-refractivity contribution in [1.82, 2.24) is 0 Å². The highest BCUT2D eigenvalue weighted by Gasteiger charge is 2.67. The second kappa shape index (κ2) is 10.4. The van der Waals surface area contributed by atoms with Gasteiger partial charge in [0.15, 0.2) is 11.4 Å². The summed E-state index contributed by atoms with van der Waals surface area (Å²) in [5, 5.41) is 55.9. The lowest BCUT2D eigenvalue weighted by molar-refractivity contribution is -0.201. The van der Waals surface area contributed by atoms with Gasteiger partial charge < -0.3 is 31.3 Å². The molecule has 5 rings (SSSR count). The van der Waals surface area contributed by atoms with Gasteiger partial charge in [-0.05, 0) is 35.2 Å². The van der Waals surface area contributed by atoms with Crippen LogP contribution >= 0.6 is 0 Å². The van der Waals surface area contributed by atoms with Crippen molar-refractivity contribution in [1.29, 1.82) is 0 Å². The van der Waals surface area contributed by atoms with E-state index in [1.54, 1.807) is 0 Å². The standard InChI is InChI=1S/C30H25F6NO8/c1-10-15-5-4-12(3-2-11-6-13(29(31,32)33)8-14(7-11)30(34,35)36)22(39)19(15)24(41)21-18(10)23(40)16-9-17(38)20(27(37)44)25(42)28(16,45)26(21)43/h2-8,10,16,18,20,23,25,39-42,45H,9H2,1H3,(H2,37,44)/b3-2+/t10-,16+,18+,20?,23+,25?,28+/m0/s1. The van der Waals surface area contributed by atoms with Crippen LogP contribution in [0.2, 0.25) is 0 Å². The number of rotatable bonds is 3. The lowest BCUT2D eigenvalue weighted by atomic mass is 9.53. The Morgan fingerprint density at radius 3 is 2.09 bits per heavy atom. The molecule has 7 atom stereocenters.